The number of para-hydroxylation sites is 1. The van der Waals surface area contributed by atoms with Crippen LogP contribution in [0.5, 0.6) is 5.75 Å². The number of aliphatic imine (C=N–C) groups is 1. The van der Waals surface area contributed by atoms with Crippen molar-refractivity contribution in [1.29, 1.82) is 0 Å². The van der Waals surface area contributed by atoms with Crippen LogP contribution in [0.1, 0.15) is 28.4 Å². The molecule has 0 fully saturated rings. The van der Waals surface area contributed by atoms with Gasteiger partial charge in [-0.1, -0.05) is 48.2 Å². The van der Waals surface area contributed by atoms with Gasteiger partial charge in [-0.3, -0.25) is 4.79 Å². The Bertz CT molecular complexity index is 1080. The molecule has 0 saturated carbocycles. The number of thioether (sulfide) groups is 1. The number of benzene rings is 2. The summed E-state index contributed by atoms with van der Waals surface area (Å²) in [6.07, 6.45) is 1.68. The summed E-state index contributed by atoms with van der Waals surface area (Å²) in [5.41, 5.74) is 1.79. The van der Waals surface area contributed by atoms with Crippen LogP contribution in [-0.4, -0.2) is 35.7 Å². The minimum Gasteiger partial charge on any atom is -0.506 e. The second kappa shape index (κ2) is 9.45. The molecule has 0 unspecified atom stereocenters. The smallest absolute Gasteiger partial charge is 0.344 e. The average Bonchev–Trinajstić information content (AvgIpc) is 3.03. The van der Waals surface area contributed by atoms with Gasteiger partial charge in [0.15, 0.2) is 0 Å². The van der Waals surface area contributed by atoms with Crippen molar-refractivity contribution in [3.05, 3.63) is 81.5 Å². The monoisotopic (exact) mass is 423 g/mol. The van der Waals surface area contributed by atoms with Crippen molar-refractivity contribution >= 4 is 34.8 Å². The van der Waals surface area contributed by atoms with Gasteiger partial charge in [-0.2, -0.15) is 0 Å². The molecular formula is C23H21NO5S. The molecule has 1 aliphatic rings. The minimum absolute atomic E-state index is 0.0975. The number of amides is 1. The van der Waals surface area contributed by atoms with Crippen LogP contribution in [0.3, 0.4) is 0 Å². The fraction of sp³-hybridized carbons (Fsp3) is 0.174. The molecule has 2 aromatic carbocycles. The first-order chi connectivity index (χ1) is 14.5. The van der Waals surface area contributed by atoms with Crippen molar-refractivity contribution in [2.75, 3.05) is 13.7 Å². The van der Waals surface area contributed by atoms with Gasteiger partial charge in [-0.05, 0) is 37.6 Å². The molecule has 0 aliphatic carbocycles. The van der Waals surface area contributed by atoms with Crippen molar-refractivity contribution in [2.45, 2.75) is 13.8 Å². The van der Waals surface area contributed by atoms with Gasteiger partial charge >= 0.3 is 5.97 Å². The Morgan fingerprint density at radius 2 is 1.83 bits per heavy atom. The van der Waals surface area contributed by atoms with Gasteiger partial charge in [0.25, 0.3) is 5.91 Å². The number of ether oxygens (including phenoxy) is 2. The van der Waals surface area contributed by atoms with E-state index in [0.717, 1.165) is 17.3 Å². The minimum atomic E-state index is -0.734. The number of aliphatic hydroxyl groups is 1. The number of nitrogens with zero attached hydrogens (tertiary/aromatic N) is 1. The second-order valence-corrected chi connectivity index (χ2v) is 7.36. The van der Waals surface area contributed by atoms with E-state index in [0.29, 0.717) is 21.8 Å². The molecule has 0 spiro atoms. The Morgan fingerprint density at radius 3 is 2.53 bits per heavy atom. The highest BCUT2D eigenvalue weighted by Crippen LogP contribution is 2.40. The fourth-order valence-corrected chi connectivity index (χ4v) is 3.89. The van der Waals surface area contributed by atoms with Gasteiger partial charge in [0, 0.05) is 11.1 Å². The van der Waals surface area contributed by atoms with Crippen LogP contribution in [0.2, 0.25) is 0 Å². The van der Waals surface area contributed by atoms with Gasteiger partial charge in [-0.15, -0.1) is 0 Å². The standard InChI is InChI=1S/C23H21NO5S/c1-4-29-23(27)19-20(25)18(13-15-10-6-8-12-17(15)28-3)30-22(19)24-21(26)16-11-7-5-9-14(16)2/h5-13,25H,4H2,1-3H3/b18-13-,24-22?. The van der Waals surface area contributed by atoms with E-state index in [9.17, 15) is 14.7 Å². The van der Waals surface area contributed by atoms with E-state index in [1.165, 1.54) is 0 Å². The maximum atomic E-state index is 12.7. The molecular weight excluding hydrogens is 402 g/mol. The van der Waals surface area contributed by atoms with E-state index in [2.05, 4.69) is 4.99 Å². The van der Waals surface area contributed by atoms with Crippen LogP contribution in [0.15, 0.2) is 69.8 Å². The molecule has 7 heteroatoms. The number of hydrogen-bond donors (Lipinski definition) is 1. The normalized spacial score (nSPS) is 16.2. The van der Waals surface area contributed by atoms with E-state index in [-0.39, 0.29) is 23.0 Å². The van der Waals surface area contributed by atoms with Crippen molar-refractivity contribution in [3.63, 3.8) is 0 Å². The van der Waals surface area contributed by atoms with Gasteiger partial charge in [-0.25, -0.2) is 9.79 Å². The Balaban J connectivity index is 2.06. The number of carbonyl (C=O) groups excluding carboxylic acids is 2. The molecule has 0 radical (unpaired) electrons. The SMILES string of the molecule is CCOC(=O)C1=C(O)/C(=C/c2ccccc2OC)SC1=NC(=O)c1ccccc1C. The fourth-order valence-electron chi connectivity index (χ4n) is 2.88. The van der Waals surface area contributed by atoms with Crippen LogP contribution in [-0.2, 0) is 9.53 Å². The highest BCUT2D eigenvalue weighted by Gasteiger charge is 2.34. The van der Waals surface area contributed by atoms with Crippen molar-refractivity contribution < 1.29 is 24.2 Å². The number of carbonyl (C=O) groups is 2. The van der Waals surface area contributed by atoms with Gasteiger partial charge < -0.3 is 14.6 Å². The number of aliphatic hydroxyl groups excluding tert-OH is 1. The lowest BCUT2D eigenvalue weighted by atomic mass is 10.1. The van der Waals surface area contributed by atoms with E-state index in [4.69, 9.17) is 9.47 Å². The average molecular weight is 423 g/mol. The Labute approximate surface area is 178 Å². The summed E-state index contributed by atoms with van der Waals surface area (Å²) in [6.45, 7) is 3.60. The maximum Gasteiger partial charge on any atom is 0.344 e. The van der Waals surface area contributed by atoms with Gasteiger partial charge in [0.2, 0.25) is 0 Å². The molecule has 0 saturated heterocycles. The Morgan fingerprint density at radius 1 is 1.13 bits per heavy atom. The third kappa shape index (κ3) is 4.46. The van der Waals surface area contributed by atoms with E-state index in [1.54, 1.807) is 38.3 Å². The maximum absolute atomic E-state index is 12.7. The highest BCUT2D eigenvalue weighted by atomic mass is 32.2. The van der Waals surface area contributed by atoms with Crippen LogP contribution < -0.4 is 4.74 Å². The molecule has 1 N–H and O–H groups in total. The molecule has 0 atom stereocenters. The summed E-state index contributed by atoms with van der Waals surface area (Å²) in [7, 11) is 1.55. The predicted molar refractivity (Wildman–Crippen MR) is 118 cm³/mol. The zero-order valence-corrected chi connectivity index (χ0v) is 17.7. The van der Waals surface area contributed by atoms with E-state index >= 15 is 0 Å². The van der Waals surface area contributed by atoms with Crippen LogP contribution in [0.4, 0.5) is 0 Å². The van der Waals surface area contributed by atoms with Crippen LogP contribution in [0.25, 0.3) is 6.08 Å². The van der Waals surface area contributed by atoms with Gasteiger partial charge in [0.1, 0.15) is 22.1 Å². The number of esters is 1. The quantitative estimate of drug-likeness (QED) is 0.702. The molecule has 1 amide bonds. The third-order valence-electron chi connectivity index (χ3n) is 4.37. The number of aryl methyl sites for hydroxylation is 1. The summed E-state index contributed by atoms with van der Waals surface area (Å²) in [5.74, 6) is -0.899. The lowest BCUT2D eigenvalue weighted by Crippen LogP contribution is -2.14. The summed E-state index contributed by atoms with van der Waals surface area (Å²) >= 11 is 1.03. The first-order valence-electron chi connectivity index (χ1n) is 9.28. The first kappa shape index (κ1) is 21.4. The molecule has 0 bridgehead atoms. The lowest BCUT2D eigenvalue weighted by Gasteiger charge is -2.05. The Hall–Kier alpha value is -3.32. The molecule has 6 nitrogen and oxygen atoms in total. The highest BCUT2D eigenvalue weighted by molar-refractivity contribution is 8.18. The molecule has 3 rings (SSSR count). The largest absolute Gasteiger partial charge is 0.506 e. The summed E-state index contributed by atoms with van der Waals surface area (Å²) < 4.78 is 10.4. The third-order valence-corrected chi connectivity index (χ3v) is 5.39. The van der Waals surface area contributed by atoms with Crippen molar-refractivity contribution in [1.82, 2.24) is 0 Å². The molecule has 1 aliphatic heterocycles. The number of methoxy groups -OCH3 is 1. The van der Waals surface area contributed by atoms with Crippen LogP contribution in [0, 0.1) is 6.92 Å². The predicted octanol–water partition coefficient (Wildman–Crippen LogP) is 4.71. The zero-order chi connectivity index (χ0) is 21.7. The Kier molecular flexibility index (Phi) is 6.74. The molecule has 154 valence electrons. The van der Waals surface area contributed by atoms with Gasteiger partial charge in [0.05, 0.1) is 18.6 Å². The number of hydrogen-bond acceptors (Lipinski definition) is 6. The van der Waals surface area contributed by atoms with Crippen molar-refractivity contribution in [3.8, 4) is 5.75 Å². The molecule has 1 heterocycles. The lowest BCUT2D eigenvalue weighted by molar-refractivity contribution is -0.138. The summed E-state index contributed by atoms with van der Waals surface area (Å²) in [5, 5.41) is 10.8. The first-order valence-corrected chi connectivity index (χ1v) is 10.1. The van der Waals surface area contributed by atoms with Crippen molar-refractivity contribution in [2.24, 2.45) is 4.99 Å². The molecule has 0 aromatic heterocycles. The summed E-state index contributed by atoms with van der Waals surface area (Å²) in [6, 6.07) is 14.3. The molecule has 2 aromatic rings. The topological polar surface area (TPSA) is 85.2 Å². The van der Waals surface area contributed by atoms with E-state index < -0.39 is 11.9 Å². The van der Waals surface area contributed by atoms with Crippen LogP contribution >= 0.6 is 11.8 Å². The zero-order valence-electron chi connectivity index (χ0n) is 16.8. The van der Waals surface area contributed by atoms with E-state index in [1.807, 2.05) is 37.3 Å². The number of rotatable bonds is 5. The second-order valence-electron chi connectivity index (χ2n) is 6.33. The summed E-state index contributed by atoms with van der Waals surface area (Å²) in [4.78, 5) is 29.7. The molecule has 30 heavy (non-hydrogen) atoms.